The summed E-state index contributed by atoms with van der Waals surface area (Å²) >= 11 is 0. The van der Waals surface area contributed by atoms with Gasteiger partial charge in [-0.2, -0.15) is 4.98 Å². The van der Waals surface area contributed by atoms with E-state index in [1.807, 2.05) is 36.4 Å². The maximum atomic E-state index is 12.7. The minimum Gasteiger partial charge on any atom is -0.338 e. The summed E-state index contributed by atoms with van der Waals surface area (Å²) in [5.41, 5.74) is 4.30. The molecule has 4 rings (SSSR count). The molecule has 0 saturated carbocycles. The van der Waals surface area contributed by atoms with Gasteiger partial charge < -0.3 is 9.84 Å². The maximum Gasteiger partial charge on any atom is 0.241 e. The Balaban J connectivity index is 1.27. The van der Waals surface area contributed by atoms with Gasteiger partial charge in [-0.25, -0.2) is 0 Å². The van der Waals surface area contributed by atoms with E-state index in [1.54, 1.807) is 0 Å². The first kappa shape index (κ1) is 21.2. The number of amides is 1. The third-order valence-electron chi connectivity index (χ3n) is 5.94. The molecule has 2 heterocycles. The number of aromatic nitrogens is 2. The summed E-state index contributed by atoms with van der Waals surface area (Å²) in [7, 11) is 0. The Bertz CT molecular complexity index is 1000. The molecule has 1 amide bonds. The summed E-state index contributed by atoms with van der Waals surface area (Å²) in [4.78, 5) is 19.5. The number of carbonyl (C=O) groups is 1. The van der Waals surface area contributed by atoms with Crippen molar-refractivity contribution >= 4 is 11.6 Å². The van der Waals surface area contributed by atoms with Crippen LogP contribution >= 0.6 is 0 Å². The van der Waals surface area contributed by atoms with Gasteiger partial charge in [0.2, 0.25) is 17.6 Å². The van der Waals surface area contributed by atoms with Gasteiger partial charge in [-0.3, -0.25) is 9.69 Å². The first-order chi connectivity index (χ1) is 15.0. The largest absolute Gasteiger partial charge is 0.338 e. The summed E-state index contributed by atoms with van der Waals surface area (Å²) in [6, 6.07) is 16.2. The zero-order chi connectivity index (χ0) is 21.8. The van der Waals surface area contributed by atoms with Crippen LogP contribution in [-0.4, -0.2) is 34.0 Å². The monoisotopic (exact) mass is 418 g/mol. The predicted molar refractivity (Wildman–Crippen MR) is 122 cm³/mol. The van der Waals surface area contributed by atoms with Crippen LogP contribution in [0.2, 0.25) is 0 Å². The van der Waals surface area contributed by atoms with Gasteiger partial charge >= 0.3 is 0 Å². The van der Waals surface area contributed by atoms with E-state index in [4.69, 9.17) is 4.52 Å². The Morgan fingerprint density at radius 2 is 1.77 bits per heavy atom. The number of carbonyl (C=O) groups excluding carboxylic acids is 1. The van der Waals surface area contributed by atoms with Crippen molar-refractivity contribution < 1.29 is 9.32 Å². The van der Waals surface area contributed by atoms with Crippen molar-refractivity contribution in [1.29, 1.82) is 0 Å². The van der Waals surface area contributed by atoms with Crippen molar-refractivity contribution in [3.8, 4) is 11.4 Å². The number of aryl methyl sites for hydroxylation is 1. The van der Waals surface area contributed by atoms with Crippen molar-refractivity contribution in [2.24, 2.45) is 5.92 Å². The van der Waals surface area contributed by atoms with Gasteiger partial charge in [0.05, 0.1) is 6.54 Å². The average molecular weight is 419 g/mol. The van der Waals surface area contributed by atoms with Gasteiger partial charge in [-0.1, -0.05) is 61.0 Å². The minimum atomic E-state index is 0.0341. The molecule has 31 heavy (non-hydrogen) atoms. The molecule has 0 bridgehead atoms. The number of hydrogen-bond acceptors (Lipinski definition) is 5. The van der Waals surface area contributed by atoms with E-state index >= 15 is 0 Å². The molecule has 0 aliphatic carbocycles. The van der Waals surface area contributed by atoms with E-state index in [9.17, 15) is 4.79 Å². The minimum absolute atomic E-state index is 0.0341. The summed E-state index contributed by atoms with van der Waals surface area (Å²) in [5, 5.41) is 7.18. The van der Waals surface area contributed by atoms with E-state index in [2.05, 4.69) is 53.3 Å². The molecule has 0 spiro atoms. The molecule has 6 nitrogen and oxygen atoms in total. The Hall–Kier alpha value is -2.99. The molecule has 0 atom stereocenters. The topological polar surface area (TPSA) is 71.3 Å². The molecule has 2 aromatic carbocycles. The second-order valence-electron chi connectivity index (χ2n) is 8.69. The fourth-order valence-corrected chi connectivity index (χ4v) is 3.88. The Morgan fingerprint density at radius 3 is 2.42 bits per heavy atom. The number of anilines is 1. The number of nitrogens with one attached hydrogen (secondary N) is 1. The third kappa shape index (κ3) is 5.39. The van der Waals surface area contributed by atoms with Crippen LogP contribution in [0, 0.1) is 12.8 Å². The van der Waals surface area contributed by atoms with Crippen LogP contribution in [0.25, 0.3) is 11.4 Å². The maximum absolute atomic E-state index is 12.7. The van der Waals surface area contributed by atoms with Gasteiger partial charge in [0.1, 0.15) is 0 Å². The highest BCUT2D eigenvalue weighted by atomic mass is 16.5. The predicted octanol–water partition coefficient (Wildman–Crippen LogP) is 5.02. The van der Waals surface area contributed by atoms with Crippen LogP contribution in [0.3, 0.4) is 0 Å². The molecular weight excluding hydrogens is 388 g/mol. The summed E-state index contributed by atoms with van der Waals surface area (Å²) in [6.45, 7) is 8.68. The molecule has 1 saturated heterocycles. The van der Waals surface area contributed by atoms with Crippen LogP contribution in [0.4, 0.5) is 5.69 Å². The molecule has 3 aromatic rings. The van der Waals surface area contributed by atoms with E-state index < -0.39 is 0 Å². The highest BCUT2D eigenvalue weighted by Crippen LogP contribution is 2.23. The lowest BCUT2D eigenvalue weighted by Crippen LogP contribution is -2.37. The number of piperidine rings is 1. The van der Waals surface area contributed by atoms with Crippen molar-refractivity contribution in [2.75, 3.05) is 18.4 Å². The van der Waals surface area contributed by atoms with Gasteiger partial charge in [0.25, 0.3) is 0 Å². The zero-order valence-electron chi connectivity index (χ0n) is 18.5. The number of benzene rings is 2. The normalized spacial score (nSPS) is 15.4. The summed E-state index contributed by atoms with van der Waals surface area (Å²) < 4.78 is 5.45. The second-order valence-corrected chi connectivity index (χ2v) is 8.69. The average Bonchev–Trinajstić information content (AvgIpc) is 3.23. The molecule has 1 aliphatic rings. The highest BCUT2D eigenvalue weighted by Gasteiger charge is 2.26. The van der Waals surface area contributed by atoms with Gasteiger partial charge in [0.15, 0.2) is 0 Å². The van der Waals surface area contributed by atoms with Crippen LogP contribution in [0.1, 0.15) is 49.6 Å². The van der Waals surface area contributed by atoms with Gasteiger partial charge in [-0.15, -0.1) is 0 Å². The van der Waals surface area contributed by atoms with Crippen LogP contribution in [0.5, 0.6) is 0 Å². The molecule has 162 valence electrons. The Kier molecular flexibility index (Phi) is 6.47. The Labute approximate surface area is 183 Å². The first-order valence-electron chi connectivity index (χ1n) is 11.0. The van der Waals surface area contributed by atoms with Crippen LogP contribution in [0.15, 0.2) is 53.1 Å². The lowest BCUT2D eigenvalue weighted by Gasteiger charge is -2.30. The van der Waals surface area contributed by atoms with Crippen molar-refractivity contribution in [3.63, 3.8) is 0 Å². The summed E-state index contributed by atoms with van der Waals surface area (Å²) in [6.07, 6.45) is 1.66. The zero-order valence-corrected chi connectivity index (χ0v) is 18.5. The van der Waals surface area contributed by atoms with E-state index in [0.717, 1.165) is 37.2 Å². The Morgan fingerprint density at radius 1 is 1.10 bits per heavy atom. The van der Waals surface area contributed by atoms with E-state index in [0.29, 0.717) is 24.2 Å². The lowest BCUT2D eigenvalue weighted by atomic mass is 9.95. The molecule has 1 fully saturated rings. The molecule has 1 aliphatic heterocycles. The van der Waals surface area contributed by atoms with Crippen LogP contribution in [-0.2, 0) is 11.3 Å². The molecular formula is C25H30N4O2. The van der Waals surface area contributed by atoms with Gasteiger partial charge in [-0.05, 0) is 56.5 Å². The number of likely N-dealkylation sites (tertiary alicyclic amines) is 1. The second kappa shape index (κ2) is 9.43. The molecule has 1 N–H and O–H groups in total. The van der Waals surface area contributed by atoms with Gasteiger partial charge in [0, 0.05) is 17.2 Å². The number of hydrogen-bond donors (Lipinski definition) is 1. The molecule has 1 aromatic heterocycles. The summed E-state index contributed by atoms with van der Waals surface area (Å²) in [5.74, 6) is 1.86. The highest BCUT2D eigenvalue weighted by molar-refractivity contribution is 5.92. The van der Waals surface area contributed by atoms with Crippen molar-refractivity contribution in [1.82, 2.24) is 15.0 Å². The molecule has 0 radical (unpaired) electrons. The number of rotatable bonds is 6. The van der Waals surface area contributed by atoms with E-state index in [1.165, 1.54) is 11.1 Å². The number of nitrogens with zero attached hydrogens (tertiary/aromatic N) is 3. The fourth-order valence-electron chi connectivity index (χ4n) is 3.88. The van der Waals surface area contributed by atoms with Crippen molar-refractivity contribution in [3.05, 3.63) is 65.5 Å². The lowest BCUT2D eigenvalue weighted by molar-refractivity contribution is -0.121. The molecule has 0 unspecified atom stereocenters. The van der Waals surface area contributed by atoms with E-state index in [-0.39, 0.29) is 11.8 Å². The smallest absolute Gasteiger partial charge is 0.241 e. The first-order valence-corrected chi connectivity index (χ1v) is 11.0. The fraction of sp³-hybridized carbons (Fsp3) is 0.400. The quantitative estimate of drug-likeness (QED) is 0.609. The standard InChI is InChI=1S/C25H30N4O2/c1-17(2)19-8-10-22(11-9-19)26-25(30)21-12-14-29(15-13-21)16-23-27-24(28-31-23)20-6-4-18(3)5-7-20/h4-11,17,21H,12-16H2,1-3H3,(H,26,30). The van der Waals surface area contributed by atoms with Crippen LogP contribution < -0.4 is 5.32 Å². The SMILES string of the molecule is Cc1ccc(-c2noc(CN3CCC(C(=O)Nc4ccc(C(C)C)cc4)CC3)n2)cc1. The van der Waals surface area contributed by atoms with Crippen molar-refractivity contribution in [2.45, 2.75) is 46.1 Å². The third-order valence-corrected chi connectivity index (χ3v) is 5.94. The molecule has 6 heteroatoms.